The molecule has 4 atom stereocenters. The van der Waals surface area contributed by atoms with Crippen molar-refractivity contribution in [3.63, 3.8) is 0 Å². The first-order chi connectivity index (χ1) is 8.97. The van der Waals surface area contributed by atoms with E-state index in [9.17, 15) is 0 Å². The molecule has 1 heterocycles. The Kier molecular flexibility index (Phi) is 4.58. The van der Waals surface area contributed by atoms with E-state index in [4.69, 9.17) is 5.73 Å². The van der Waals surface area contributed by atoms with Crippen molar-refractivity contribution in [1.82, 2.24) is 9.88 Å². The first-order valence-corrected chi connectivity index (χ1v) is 7.35. The molecule has 0 bridgehead atoms. The fourth-order valence-corrected chi connectivity index (χ4v) is 3.71. The zero-order valence-corrected chi connectivity index (χ0v) is 12.6. The van der Waals surface area contributed by atoms with Gasteiger partial charge < -0.3 is 5.73 Å². The molecule has 1 aliphatic carbocycles. The van der Waals surface area contributed by atoms with Crippen LogP contribution in [0.25, 0.3) is 0 Å². The number of hydrogen-bond donors (Lipinski definition) is 1. The van der Waals surface area contributed by atoms with Crippen molar-refractivity contribution in [2.24, 2.45) is 17.6 Å². The van der Waals surface area contributed by atoms with E-state index in [2.05, 4.69) is 42.9 Å². The van der Waals surface area contributed by atoms with E-state index in [-0.39, 0.29) is 6.04 Å². The molecule has 1 aromatic rings. The Hall–Kier alpha value is -0.930. The molecule has 3 heteroatoms. The number of hydrogen-bond acceptors (Lipinski definition) is 3. The zero-order chi connectivity index (χ0) is 14.0. The van der Waals surface area contributed by atoms with Gasteiger partial charge in [-0.3, -0.25) is 9.88 Å². The lowest BCUT2D eigenvalue weighted by atomic mass is 9.76. The molecule has 1 fully saturated rings. The van der Waals surface area contributed by atoms with Gasteiger partial charge in [0.2, 0.25) is 0 Å². The molecule has 0 aliphatic heterocycles. The molecule has 19 heavy (non-hydrogen) atoms. The van der Waals surface area contributed by atoms with Gasteiger partial charge in [-0.1, -0.05) is 19.9 Å². The molecule has 1 saturated carbocycles. The average Bonchev–Trinajstić information content (AvgIpc) is 2.27. The van der Waals surface area contributed by atoms with Crippen LogP contribution in [0.2, 0.25) is 0 Å². The molecular weight excluding hydrogens is 234 g/mol. The van der Waals surface area contributed by atoms with Crippen LogP contribution in [-0.2, 0) is 6.54 Å². The van der Waals surface area contributed by atoms with Gasteiger partial charge in [-0.05, 0) is 50.8 Å². The number of rotatable bonds is 3. The van der Waals surface area contributed by atoms with Gasteiger partial charge in [-0.25, -0.2) is 0 Å². The van der Waals surface area contributed by atoms with E-state index in [1.165, 1.54) is 6.42 Å². The van der Waals surface area contributed by atoms with Crippen molar-refractivity contribution in [3.8, 4) is 0 Å². The third-order valence-electron chi connectivity index (χ3n) is 4.34. The van der Waals surface area contributed by atoms with Crippen molar-refractivity contribution in [2.75, 3.05) is 7.05 Å². The first kappa shape index (κ1) is 14.5. The molecule has 1 aliphatic rings. The SMILES string of the molecule is Cc1cccc(CN(C)C2C(C)CC(C)CC2N)n1. The largest absolute Gasteiger partial charge is 0.326 e. The molecule has 2 N–H and O–H groups in total. The van der Waals surface area contributed by atoms with Gasteiger partial charge in [0.1, 0.15) is 0 Å². The van der Waals surface area contributed by atoms with Crippen molar-refractivity contribution in [2.45, 2.75) is 52.2 Å². The predicted octanol–water partition coefficient (Wildman–Crippen LogP) is 2.58. The van der Waals surface area contributed by atoms with Crippen molar-refractivity contribution >= 4 is 0 Å². The van der Waals surface area contributed by atoms with E-state index in [0.717, 1.165) is 30.3 Å². The van der Waals surface area contributed by atoms with Gasteiger partial charge in [-0.2, -0.15) is 0 Å². The second-order valence-corrected chi connectivity index (χ2v) is 6.39. The van der Waals surface area contributed by atoms with Crippen LogP contribution in [0.1, 0.15) is 38.1 Å². The molecule has 1 aromatic heterocycles. The minimum atomic E-state index is 0.286. The van der Waals surface area contributed by atoms with E-state index in [1.54, 1.807) is 0 Å². The van der Waals surface area contributed by atoms with Crippen LogP contribution in [-0.4, -0.2) is 29.0 Å². The van der Waals surface area contributed by atoms with Crippen LogP contribution < -0.4 is 5.73 Å². The molecule has 0 spiro atoms. The molecule has 4 unspecified atom stereocenters. The van der Waals surface area contributed by atoms with Gasteiger partial charge in [0.25, 0.3) is 0 Å². The quantitative estimate of drug-likeness (QED) is 0.909. The van der Waals surface area contributed by atoms with E-state index < -0.39 is 0 Å². The highest BCUT2D eigenvalue weighted by Gasteiger charge is 2.34. The molecule has 0 amide bonds. The lowest BCUT2D eigenvalue weighted by molar-refractivity contribution is 0.0901. The average molecular weight is 261 g/mol. The Morgan fingerprint density at radius 3 is 2.68 bits per heavy atom. The number of pyridine rings is 1. The normalized spacial score (nSPS) is 31.7. The summed E-state index contributed by atoms with van der Waals surface area (Å²) in [7, 11) is 2.18. The molecule has 0 radical (unpaired) electrons. The maximum absolute atomic E-state index is 6.38. The van der Waals surface area contributed by atoms with Crippen LogP contribution >= 0.6 is 0 Å². The van der Waals surface area contributed by atoms with Crippen LogP contribution in [0, 0.1) is 18.8 Å². The smallest absolute Gasteiger partial charge is 0.0547 e. The lowest BCUT2D eigenvalue weighted by Gasteiger charge is -2.42. The number of nitrogens with two attached hydrogens (primary N) is 1. The topological polar surface area (TPSA) is 42.1 Å². The minimum Gasteiger partial charge on any atom is -0.326 e. The summed E-state index contributed by atoms with van der Waals surface area (Å²) in [5, 5.41) is 0. The van der Waals surface area contributed by atoms with Gasteiger partial charge in [0.05, 0.1) is 5.69 Å². The molecule has 3 nitrogen and oxygen atoms in total. The summed E-state index contributed by atoms with van der Waals surface area (Å²) in [6, 6.07) is 6.98. The number of likely N-dealkylation sites (N-methyl/N-ethyl adjacent to an activating group) is 1. The van der Waals surface area contributed by atoms with E-state index in [0.29, 0.717) is 12.0 Å². The summed E-state index contributed by atoms with van der Waals surface area (Å²) < 4.78 is 0. The Bertz CT molecular complexity index is 406. The minimum absolute atomic E-state index is 0.286. The summed E-state index contributed by atoms with van der Waals surface area (Å²) in [5.74, 6) is 1.42. The highest BCUT2D eigenvalue weighted by molar-refractivity contribution is 5.10. The highest BCUT2D eigenvalue weighted by atomic mass is 15.2. The molecule has 0 aromatic carbocycles. The van der Waals surface area contributed by atoms with Crippen molar-refractivity contribution in [3.05, 3.63) is 29.6 Å². The highest BCUT2D eigenvalue weighted by Crippen LogP contribution is 2.31. The summed E-state index contributed by atoms with van der Waals surface area (Å²) in [6.07, 6.45) is 2.42. The van der Waals surface area contributed by atoms with Gasteiger partial charge in [0, 0.05) is 24.3 Å². The second kappa shape index (κ2) is 6.02. The van der Waals surface area contributed by atoms with Gasteiger partial charge in [-0.15, -0.1) is 0 Å². The standard InChI is InChI=1S/C16H27N3/c1-11-8-12(2)16(15(17)9-11)19(4)10-14-7-5-6-13(3)18-14/h5-7,11-12,15-16H,8-10,17H2,1-4H3. The Morgan fingerprint density at radius 2 is 2.05 bits per heavy atom. The third kappa shape index (κ3) is 3.54. The maximum atomic E-state index is 6.38. The summed E-state index contributed by atoms with van der Waals surface area (Å²) in [4.78, 5) is 6.98. The third-order valence-corrected chi connectivity index (χ3v) is 4.34. The number of aryl methyl sites for hydroxylation is 1. The Morgan fingerprint density at radius 1 is 1.32 bits per heavy atom. The second-order valence-electron chi connectivity index (χ2n) is 6.39. The van der Waals surface area contributed by atoms with E-state index >= 15 is 0 Å². The molecular formula is C16H27N3. The number of nitrogens with zero attached hydrogens (tertiary/aromatic N) is 2. The summed E-state index contributed by atoms with van der Waals surface area (Å²) in [5.41, 5.74) is 8.61. The Labute approximate surface area is 117 Å². The van der Waals surface area contributed by atoms with Crippen LogP contribution in [0.4, 0.5) is 0 Å². The lowest BCUT2D eigenvalue weighted by Crippen LogP contribution is -2.53. The fraction of sp³-hybridized carbons (Fsp3) is 0.688. The zero-order valence-electron chi connectivity index (χ0n) is 12.6. The molecule has 2 rings (SSSR count). The molecule has 106 valence electrons. The maximum Gasteiger partial charge on any atom is 0.0547 e. The number of aromatic nitrogens is 1. The van der Waals surface area contributed by atoms with Crippen molar-refractivity contribution in [1.29, 1.82) is 0 Å². The van der Waals surface area contributed by atoms with E-state index in [1.807, 2.05) is 13.0 Å². The summed E-state index contributed by atoms with van der Waals surface area (Å²) in [6.45, 7) is 7.58. The summed E-state index contributed by atoms with van der Waals surface area (Å²) >= 11 is 0. The van der Waals surface area contributed by atoms with Crippen LogP contribution in [0.5, 0.6) is 0 Å². The monoisotopic (exact) mass is 261 g/mol. The molecule has 0 saturated heterocycles. The Balaban J connectivity index is 2.04. The van der Waals surface area contributed by atoms with Crippen molar-refractivity contribution < 1.29 is 0 Å². The van der Waals surface area contributed by atoms with Crippen LogP contribution in [0.15, 0.2) is 18.2 Å². The predicted molar refractivity (Wildman–Crippen MR) is 79.8 cm³/mol. The van der Waals surface area contributed by atoms with Crippen LogP contribution in [0.3, 0.4) is 0 Å². The van der Waals surface area contributed by atoms with Gasteiger partial charge >= 0.3 is 0 Å². The fourth-order valence-electron chi connectivity index (χ4n) is 3.71. The first-order valence-electron chi connectivity index (χ1n) is 7.35. The van der Waals surface area contributed by atoms with Gasteiger partial charge in [0.15, 0.2) is 0 Å².